The topological polar surface area (TPSA) is 60.2 Å². The van der Waals surface area contributed by atoms with E-state index in [1.54, 1.807) is 0 Å². The first-order chi connectivity index (χ1) is 7.92. The van der Waals surface area contributed by atoms with Crippen LogP contribution < -0.4 is 11.3 Å². The normalized spacial score (nSPS) is 13.7. The van der Waals surface area contributed by atoms with Gasteiger partial charge in [-0.2, -0.15) is 13.2 Å². The van der Waals surface area contributed by atoms with Gasteiger partial charge in [-0.1, -0.05) is 0 Å². The van der Waals surface area contributed by atoms with Crippen molar-refractivity contribution in [1.82, 2.24) is 10.4 Å². The number of nitrogens with zero attached hydrogens (tertiary/aromatic N) is 1. The molecule has 0 saturated heterocycles. The van der Waals surface area contributed by atoms with Gasteiger partial charge in [0, 0.05) is 6.20 Å². The fraction of sp³-hybridized carbons (Fsp3) is 0.444. The number of hydrazine groups is 1. The Labute approximate surface area is 94.7 Å². The molecule has 0 spiro atoms. The summed E-state index contributed by atoms with van der Waals surface area (Å²) in [5.74, 6) is 4.54. The summed E-state index contributed by atoms with van der Waals surface area (Å²) in [5.41, 5.74) is 2.55. The Hall–Kier alpha value is -1.25. The number of ether oxygens (including phenoxy) is 1. The highest BCUT2D eigenvalue weighted by atomic mass is 19.4. The SMILES string of the molecule is NNC(COCC(F)(F)F)c1cncc(F)c1. The third-order valence-corrected chi connectivity index (χ3v) is 1.88. The fourth-order valence-corrected chi connectivity index (χ4v) is 1.15. The van der Waals surface area contributed by atoms with Gasteiger partial charge in [-0.05, 0) is 11.6 Å². The second-order valence-electron chi connectivity index (χ2n) is 3.29. The smallest absolute Gasteiger partial charge is 0.370 e. The molecule has 1 rings (SSSR count). The van der Waals surface area contributed by atoms with E-state index in [0.717, 1.165) is 12.3 Å². The number of pyridine rings is 1. The molecule has 1 atom stereocenters. The van der Waals surface area contributed by atoms with Crippen molar-refractivity contribution in [2.45, 2.75) is 12.2 Å². The van der Waals surface area contributed by atoms with E-state index in [2.05, 4.69) is 15.1 Å². The number of alkyl halides is 3. The molecular formula is C9H11F4N3O. The Bertz CT molecular complexity index is 358. The highest BCUT2D eigenvalue weighted by molar-refractivity contribution is 5.14. The lowest BCUT2D eigenvalue weighted by molar-refractivity contribution is -0.175. The minimum Gasteiger partial charge on any atom is -0.370 e. The van der Waals surface area contributed by atoms with Gasteiger partial charge in [-0.15, -0.1) is 0 Å². The molecule has 0 saturated carbocycles. The van der Waals surface area contributed by atoms with Crippen molar-refractivity contribution in [1.29, 1.82) is 0 Å². The maximum atomic E-state index is 12.8. The van der Waals surface area contributed by atoms with Crippen LogP contribution in [-0.2, 0) is 4.74 Å². The predicted molar refractivity (Wildman–Crippen MR) is 51.1 cm³/mol. The van der Waals surface area contributed by atoms with E-state index in [1.807, 2.05) is 0 Å². The van der Waals surface area contributed by atoms with Crippen LogP contribution >= 0.6 is 0 Å². The standard InChI is InChI=1S/C9H11F4N3O/c10-7-1-6(2-15-3-7)8(16-14)4-17-5-9(11,12)13/h1-3,8,16H,4-5,14H2. The highest BCUT2D eigenvalue weighted by Crippen LogP contribution is 2.17. The third-order valence-electron chi connectivity index (χ3n) is 1.88. The summed E-state index contributed by atoms with van der Waals surface area (Å²) in [6.45, 7) is -1.71. The molecule has 1 unspecified atom stereocenters. The number of rotatable bonds is 5. The van der Waals surface area contributed by atoms with Crippen LogP contribution in [0.4, 0.5) is 17.6 Å². The van der Waals surface area contributed by atoms with Gasteiger partial charge in [0.1, 0.15) is 12.4 Å². The van der Waals surface area contributed by atoms with E-state index in [-0.39, 0.29) is 6.61 Å². The van der Waals surface area contributed by atoms with Crippen LogP contribution in [0.1, 0.15) is 11.6 Å². The lowest BCUT2D eigenvalue weighted by atomic mass is 10.1. The Morgan fingerprint density at radius 2 is 2.12 bits per heavy atom. The Balaban J connectivity index is 2.54. The number of hydrogen-bond donors (Lipinski definition) is 2. The number of halogens is 4. The molecule has 0 aliphatic heterocycles. The summed E-state index contributed by atoms with van der Waals surface area (Å²) >= 11 is 0. The van der Waals surface area contributed by atoms with Gasteiger partial charge in [-0.25, -0.2) is 4.39 Å². The summed E-state index contributed by atoms with van der Waals surface area (Å²) in [6, 6.07) is 0.370. The molecule has 1 heterocycles. The second kappa shape index (κ2) is 5.89. The van der Waals surface area contributed by atoms with Crippen LogP contribution in [0.2, 0.25) is 0 Å². The van der Waals surface area contributed by atoms with Crippen molar-refractivity contribution in [3.05, 3.63) is 29.8 Å². The zero-order chi connectivity index (χ0) is 12.9. The molecule has 0 aliphatic rings. The second-order valence-corrected chi connectivity index (χ2v) is 3.29. The van der Waals surface area contributed by atoms with Crippen LogP contribution in [-0.4, -0.2) is 24.4 Å². The largest absolute Gasteiger partial charge is 0.411 e. The molecule has 96 valence electrons. The van der Waals surface area contributed by atoms with Crippen molar-refractivity contribution in [2.24, 2.45) is 5.84 Å². The summed E-state index contributed by atoms with van der Waals surface area (Å²) in [6.07, 6.45) is -2.13. The summed E-state index contributed by atoms with van der Waals surface area (Å²) < 4.78 is 52.7. The molecule has 1 aromatic rings. The van der Waals surface area contributed by atoms with Crippen LogP contribution in [0.5, 0.6) is 0 Å². The van der Waals surface area contributed by atoms with Gasteiger partial charge >= 0.3 is 6.18 Å². The van der Waals surface area contributed by atoms with E-state index in [1.165, 1.54) is 6.20 Å². The fourth-order valence-electron chi connectivity index (χ4n) is 1.15. The Kier molecular flexibility index (Phi) is 4.79. The average Bonchev–Trinajstić information content (AvgIpc) is 2.23. The van der Waals surface area contributed by atoms with Gasteiger partial charge in [0.05, 0.1) is 18.8 Å². The van der Waals surface area contributed by atoms with Gasteiger partial charge in [0.2, 0.25) is 0 Å². The van der Waals surface area contributed by atoms with Crippen molar-refractivity contribution >= 4 is 0 Å². The Morgan fingerprint density at radius 1 is 1.41 bits per heavy atom. The monoisotopic (exact) mass is 253 g/mol. The molecule has 0 aliphatic carbocycles. The number of aromatic nitrogens is 1. The van der Waals surface area contributed by atoms with Crippen molar-refractivity contribution < 1.29 is 22.3 Å². The van der Waals surface area contributed by atoms with Gasteiger partial charge in [0.25, 0.3) is 0 Å². The molecule has 4 nitrogen and oxygen atoms in total. The summed E-state index contributed by atoms with van der Waals surface area (Å²) in [4.78, 5) is 3.56. The number of nitrogens with two attached hydrogens (primary N) is 1. The molecule has 8 heteroatoms. The molecule has 1 aromatic heterocycles. The molecule has 0 amide bonds. The molecule has 0 aromatic carbocycles. The lowest BCUT2D eigenvalue weighted by Crippen LogP contribution is -2.32. The first-order valence-corrected chi connectivity index (χ1v) is 4.63. The van der Waals surface area contributed by atoms with Crippen LogP contribution in [0.15, 0.2) is 18.5 Å². The van der Waals surface area contributed by atoms with Crippen molar-refractivity contribution in [2.75, 3.05) is 13.2 Å². The van der Waals surface area contributed by atoms with E-state index in [0.29, 0.717) is 5.56 Å². The molecule has 0 fully saturated rings. The van der Waals surface area contributed by atoms with E-state index < -0.39 is 24.6 Å². The maximum absolute atomic E-state index is 12.8. The minimum absolute atomic E-state index is 0.315. The number of nitrogens with one attached hydrogen (secondary N) is 1. The first kappa shape index (κ1) is 13.8. The molecular weight excluding hydrogens is 242 g/mol. The van der Waals surface area contributed by atoms with Crippen LogP contribution in [0.3, 0.4) is 0 Å². The average molecular weight is 253 g/mol. The van der Waals surface area contributed by atoms with Gasteiger partial charge in [-0.3, -0.25) is 16.3 Å². The predicted octanol–water partition coefficient (Wildman–Crippen LogP) is 1.30. The molecule has 17 heavy (non-hydrogen) atoms. The van der Waals surface area contributed by atoms with Crippen molar-refractivity contribution in [3.8, 4) is 0 Å². The zero-order valence-corrected chi connectivity index (χ0v) is 8.67. The molecule has 0 radical (unpaired) electrons. The van der Waals surface area contributed by atoms with Gasteiger partial charge in [0.15, 0.2) is 0 Å². The third kappa shape index (κ3) is 5.07. The zero-order valence-electron chi connectivity index (χ0n) is 8.67. The molecule has 0 bridgehead atoms. The number of hydrogen-bond acceptors (Lipinski definition) is 4. The van der Waals surface area contributed by atoms with E-state index in [9.17, 15) is 17.6 Å². The Morgan fingerprint density at radius 3 is 2.65 bits per heavy atom. The van der Waals surface area contributed by atoms with Crippen LogP contribution in [0, 0.1) is 5.82 Å². The first-order valence-electron chi connectivity index (χ1n) is 4.63. The van der Waals surface area contributed by atoms with E-state index in [4.69, 9.17) is 5.84 Å². The van der Waals surface area contributed by atoms with Gasteiger partial charge < -0.3 is 4.74 Å². The molecule has 3 N–H and O–H groups in total. The van der Waals surface area contributed by atoms with Crippen LogP contribution in [0.25, 0.3) is 0 Å². The maximum Gasteiger partial charge on any atom is 0.411 e. The highest BCUT2D eigenvalue weighted by Gasteiger charge is 2.28. The lowest BCUT2D eigenvalue weighted by Gasteiger charge is -2.16. The van der Waals surface area contributed by atoms with Crippen molar-refractivity contribution in [3.63, 3.8) is 0 Å². The minimum atomic E-state index is -4.40. The summed E-state index contributed by atoms with van der Waals surface area (Å²) in [7, 11) is 0. The summed E-state index contributed by atoms with van der Waals surface area (Å²) in [5, 5.41) is 0. The van der Waals surface area contributed by atoms with E-state index >= 15 is 0 Å². The quantitative estimate of drug-likeness (QED) is 0.472.